The lowest BCUT2D eigenvalue weighted by Crippen LogP contribution is -2.51. The van der Waals surface area contributed by atoms with Crippen molar-refractivity contribution < 1.29 is 14.7 Å². The van der Waals surface area contributed by atoms with Crippen molar-refractivity contribution in [1.29, 1.82) is 0 Å². The monoisotopic (exact) mass is 397 g/mol. The van der Waals surface area contributed by atoms with Gasteiger partial charge in [0.25, 0.3) is 0 Å². The van der Waals surface area contributed by atoms with Crippen LogP contribution in [0.1, 0.15) is 35.6 Å². The van der Waals surface area contributed by atoms with Gasteiger partial charge in [0.15, 0.2) is 0 Å². The molecule has 0 unspecified atom stereocenters. The molecular formula is C23H31N3O3. The molecule has 6 heteroatoms. The molecule has 0 saturated carbocycles. The van der Waals surface area contributed by atoms with Gasteiger partial charge >= 0.3 is 0 Å². The minimum atomic E-state index is -0.851. The summed E-state index contributed by atoms with van der Waals surface area (Å²) in [5.41, 5.74) is 9.71. The number of carbonyl (C=O) groups excluding carboxylic acids is 2. The Hall–Kier alpha value is -2.86. The van der Waals surface area contributed by atoms with Crippen molar-refractivity contribution in [1.82, 2.24) is 10.6 Å². The molecule has 156 valence electrons. The second-order valence-corrected chi connectivity index (χ2v) is 7.50. The third-order valence-electron chi connectivity index (χ3n) is 4.89. The average Bonchev–Trinajstić information content (AvgIpc) is 2.68. The van der Waals surface area contributed by atoms with Gasteiger partial charge in [0.05, 0.1) is 6.04 Å². The van der Waals surface area contributed by atoms with Gasteiger partial charge in [-0.1, -0.05) is 36.4 Å². The summed E-state index contributed by atoms with van der Waals surface area (Å²) >= 11 is 0. The summed E-state index contributed by atoms with van der Waals surface area (Å²) in [5.74, 6) is -0.528. The highest BCUT2D eigenvalue weighted by atomic mass is 16.3. The normalized spacial score (nSPS) is 12.8. The Morgan fingerprint density at radius 3 is 2.45 bits per heavy atom. The predicted molar refractivity (Wildman–Crippen MR) is 115 cm³/mol. The predicted octanol–water partition coefficient (Wildman–Crippen LogP) is 2.13. The fourth-order valence-corrected chi connectivity index (χ4v) is 3.24. The summed E-state index contributed by atoms with van der Waals surface area (Å²) in [7, 11) is 0. The van der Waals surface area contributed by atoms with Gasteiger partial charge in [0, 0.05) is 13.0 Å². The van der Waals surface area contributed by atoms with Crippen molar-refractivity contribution in [2.24, 2.45) is 5.73 Å². The summed E-state index contributed by atoms with van der Waals surface area (Å²) in [6, 6.07) is 12.1. The molecule has 2 aromatic carbocycles. The van der Waals surface area contributed by atoms with Crippen LogP contribution in [0.2, 0.25) is 0 Å². The van der Waals surface area contributed by atoms with Gasteiger partial charge in [-0.15, -0.1) is 0 Å². The topological polar surface area (TPSA) is 104 Å². The third-order valence-corrected chi connectivity index (χ3v) is 4.89. The Balaban J connectivity index is 1.77. The summed E-state index contributed by atoms with van der Waals surface area (Å²) in [5, 5.41) is 15.6. The molecule has 2 aromatic rings. The second-order valence-electron chi connectivity index (χ2n) is 7.50. The second kappa shape index (κ2) is 10.6. The number of phenolic OH excluding ortho intramolecular Hbond substituents is 1. The molecule has 0 aliphatic heterocycles. The molecule has 0 heterocycles. The number of amides is 2. The number of carbonyl (C=O) groups is 2. The van der Waals surface area contributed by atoms with E-state index in [0.717, 1.165) is 24.0 Å². The van der Waals surface area contributed by atoms with Crippen LogP contribution in [0.5, 0.6) is 5.75 Å². The van der Waals surface area contributed by atoms with E-state index in [2.05, 4.69) is 22.8 Å². The Morgan fingerprint density at radius 1 is 1.10 bits per heavy atom. The Labute approximate surface area is 172 Å². The number of aryl methyl sites for hydroxylation is 3. The maximum atomic E-state index is 12.4. The zero-order valence-electron chi connectivity index (χ0n) is 17.4. The van der Waals surface area contributed by atoms with Crippen molar-refractivity contribution in [3.63, 3.8) is 0 Å². The smallest absolute Gasteiger partial charge is 0.242 e. The molecule has 5 N–H and O–H groups in total. The number of nitrogens with one attached hydrogen (secondary N) is 2. The number of hydrogen-bond donors (Lipinski definition) is 4. The highest BCUT2D eigenvalue weighted by molar-refractivity contribution is 5.89. The zero-order valence-corrected chi connectivity index (χ0v) is 17.4. The van der Waals surface area contributed by atoms with E-state index < -0.39 is 18.0 Å². The molecule has 0 radical (unpaired) electrons. The molecule has 0 aliphatic rings. The largest absolute Gasteiger partial charge is 0.508 e. The van der Waals surface area contributed by atoms with E-state index in [1.165, 1.54) is 5.56 Å². The van der Waals surface area contributed by atoms with Crippen LogP contribution in [0, 0.1) is 13.8 Å². The van der Waals surface area contributed by atoms with E-state index in [0.29, 0.717) is 12.1 Å². The molecule has 0 aromatic heterocycles. The Morgan fingerprint density at radius 2 is 1.79 bits per heavy atom. The van der Waals surface area contributed by atoms with Crippen LogP contribution < -0.4 is 16.4 Å². The lowest BCUT2D eigenvalue weighted by molar-refractivity contribution is -0.129. The number of rotatable bonds is 9. The average molecular weight is 398 g/mol. The first kappa shape index (κ1) is 22.4. The van der Waals surface area contributed by atoms with Crippen LogP contribution in [0.25, 0.3) is 0 Å². The lowest BCUT2D eigenvalue weighted by Gasteiger charge is -2.19. The number of hydrogen-bond acceptors (Lipinski definition) is 4. The quantitative estimate of drug-likeness (QED) is 0.487. The maximum Gasteiger partial charge on any atom is 0.242 e. The van der Waals surface area contributed by atoms with Crippen LogP contribution in [-0.4, -0.2) is 35.5 Å². The number of nitrogens with two attached hydrogens (primary N) is 1. The minimum absolute atomic E-state index is 0.134. The molecular weight excluding hydrogens is 366 g/mol. The van der Waals surface area contributed by atoms with Crippen molar-refractivity contribution >= 4 is 11.8 Å². The van der Waals surface area contributed by atoms with E-state index >= 15 is 0 Å². The number of phenols is 1. The number of benzene rings is 2. The molecule has 2 rings (SSSR count). The van der Waals surface area contributed by atoms with E-state index in [-0.39, 0.29) is 18.1 Å². The van der Waals surface area contributed by atoms with Crippen molar-refractivity contribution in [3.05, 3.63) is 64.7 Å². The summed E-state index contributed by atoms with van der Waals surface area (Å²) in [4.78, 5) is 24.6. The fraction of sp³-hybridized carbons (Fsp3) is 0.391. The van der Waals surface area contributed by atoms with Gasteiger partial charge in [0.1, 0.15) is 11.8 Å². The Bertz CT molecular complexity index is 814. The van der Waals surface area contributed by atoms with E-state index in [4.69, 9.17) is 5.73 Å². The van der Waals surface area contributed by atoms with Gasteiger partial charge < -0.3 is 21.5 Å². The van der Waals surface area contributed by atoms with Crippen LogP contribution in [0.3, 0.4) is 0 Å². The third kappa shape index (κ3) is 6.91. The van der Waals surface area contributed by atoms with Gasteiger partial charge in [-0.25, -0.2) is 0 Å². The highest BCUT2D eigenvalue weighted by Crippen LogP contribution is 2.24. The standard InChI is InChI=1S/C23H31N3O3/c1-15-12-16(2)19(21(27)13-15)14-20(24)23(29)26-17(3)22(28)25-11-7-10-18-8-5-4-6-9-18/h4-6,8-9,12-13,17,20,27H,7,10-11,14,24H2,1-3H3,(H,25,28)(H,26,29)/t17-,20+/m1/s1. The van der Waals surface area contributed by atoms with Crippen LogP contribution in [0.4, 0.5) is 0 Å². The van der Waals surface area contributed by atoms with E-state index in [1.807, 2.05) is 38.1 Å². The summed E-state index contributed by atoms with van der Waals surface area (Å²) in [6.07, 6.45) is 1.91. The zero-order chi connectivity index (χ0) is 21.4. The van der Waals surface area contributed by atoms with Crippen LogP contribution in [-0.2, 0) is 22.4 Å². The molecule has 2 amide bonds. The van der Waals surface area contributed by atoms with Gasteiger partial charge in [-0.3, -0.25) is 9.59 Å². The first-order valence-electron chi connectivity index (χ1n) is 9.94. The molecule has 2 atom stereocenters. The van der Waals surface area contributed by atoms with Crippen LogP contribution >= 0.6 is 0 Å². The summed E-state index contributed by atoms with van der Waals surface area (Å²) < 4.78 is 0. The minimum Gasteiger partial charge on any atom is -0.508 e. The van der Waals surface area contributed by atoms with E-state index in [9.17, 15) is 14.7 Å². The molecule has 0 bridgehead atoms. The molecule has 6 nitrogen and oxygen atoms in total. The number of aromatic hydroxyl groups is 1. The van der Waals surface area contributed by atoms with Crippen molar-refractivity contribution in [2.75, 3.05) is 6.54 Å². The maximum absolute atomic E-state index is 12.4. The summed E-state index contributed by atoms with van der Waals surface area (Å²) in [6.45, 7) is 5.93. The fourth-order valence-electron chi connectivity index (χ4n) is 3.24. The van der Waals surface area contributed by atoms with Gasteiger partial charge in [0.2, 0.25) is 11.8 Å². The molecule has 0 spiro atoms. The van der Waals surface area contributed by atoms with Crippen LogP contribution in [0.15, 0.2) is 42.5 Å². The van der Waals surface area contributed by atoms with Gasteiger partial charge in [-0.05, 0) is 61.9 Å². The molecule has 0 fully saturated rings. The Kier molecular flexibility index (Phi) is 8.21. The molecule has 0 saturated heterocycles. The first-order valence-corrected chi connectivity index (χ1v) is 9.94. The van der Waals surface area contributed by atoms with Crippen molar-refractivity contribution in [2.45, 2.75) is 52.1 Å². The highest BCUT2D eigenvalue weighted by Gasteiger charge is 2.21. The van der Waals surface area contributed by atoms with Gasteiger partial charge in [-0.2, -0.15) is 0 Å². The molecule has 0 aliphatic carbocycles. The first-order chi connectivity index (χ1) is 13.8. The lowest BCUT2D eigenvalue weighted by atomic mass is 9.98. The molecule has 29 heavy (non-hydrogen) atoms. The SMILES string of the molecule is Cc1cc(C)c(C[C@H](N)C(=O)N[C@H](C)C(=O)NCCCc2ccccc2)c(O)c1. The van der Waals surface area contributed by atoms with E-state index in [1.54, 1.807) is 13.0 Å². The van der Waals surface area contributed by atoms with Crippen molar-refractivity contribution in [3.8, 4) is 5.75 Å².